The minimum Gasteiger partial charge on any atom is -0.508 e. The lowest BCUT2D eigenvalue weighted by Crippen LogP contribution is -2.26. The zero-order valence-electron chi connectivity index (χ0n) is 11.4. The molecule has 0 heterocycles. The van der Waals surface area contributed by atoms with Crippen molar-refractivity contribution in [2.75, 3.05) is 0 Å². The van der Waals surface area contributed by atoms with Gasteiger partial charge in [-0.1, -0.05) is 39.8 Å². The molecular weight excluding hydrogens is 226 g/mol. The summed E-state index contributed by atoms with van der Waals surface area (Å²) in [5, 5.41) is 12.2. The Morgan fingerprint density at radius 2 is 1.67 bits per heavy atom. The van der Waals surface area contributed by atoms with Crippen LogP contribution in [-0.4, -0.2) is 11.0 Å². The molecule has 0 radical (unpaired) electrons. The highest BCUT2D eigenvalue weighted by atomic mass is 16.3. The number of phenolic OH excluding ortho intramolecular Hbond substituents is 1. The van der Waals surface area contributed by atoms with Gasteiger partial charge < -0.3 is 10.4 Å². The molecular formula is C15H21NO2. The molecule has 2 N–H and O–H groups in total. The second kappa shape index (κ2) is 4.01. The van der Waals surface area contributed by atoms with Crippen LogP contribution in [0.1, 0.15) is 33.3 Å². The van der Waals surface area contributed by atoms with E-state index in [9.17, 15) is 9.90 Å². The number of carbonyl (C=O) groups is 1. The van der Waals surface area contributed by atoms with Crippen LogP contribution >= 0.6 is 0 Å². The number of hydrogen-bond acceptors (Lipinski definition) is 2. The molecule has 2 rings (SSSR count). The van der Waals surface area contributed by atoms with Crippen LogP contribution in [0.15, 0.2) is 24.3 Å². The number of amides is 1. The lowest BCUT2D eigenvalue weighted by atomic mass is 10.0. The fourth-order valence-electron chi connectivity index (χ4n) is 2.76. The monoisotopic (exact) mass is 247 g/mol. The van der Waals surface area contributed by atoms with Crippen LogP contribution in [0.2, 0.25) is 0 Å². The van der Waals surface area contributed by atoms with Gasteiger partial charge in [0.15, 0.2) is 0 Å². The Balaban J connectivity index is 1.92. The van der Waals surface area contributed by atoms with Crippen molar-refractivity contribution in [3.8, 4) is 5.75 Å². The molecule has 1 aliphatic carbocycles. The standard InChI is InChI=1S/C15H21NO2/c1-14(2)12(15(14,3)4)13(18)16-9-10-5-7-11(17)8-6-10/h5-8,12,17H,9H2,1-4H3,(H,16,18). The Bertz CT molecular complexity index is 446. The number of nitrogens with one attached hydrogen (secondary N) is 1. The first-order valence-electron chi connectivity index (χ1n) is 6.32. The first-order valence-corrected chi connectivity index (χ1v) is 6.32. The average molecular weight is 247 g/mol. The van der Waals surface area contributed by atoms with Gasteiger partial charge in [0.25, 0.3) is 0 Å². The van der Waals surface area contributed by atoms with Crippen LogP contribution < -0.4 is 5.32 Å². The Kier molecular flexibility index (Phi) is 2.88. The van der Waals surface area contributed by atoms with E-state index in [1.807, 2.05) is 12.1 Å². The predicted octanol–water partition coefficient (Wildman–Crippen LogP) is 2.69. The van der Waals surface area contributed by atoms with E-state index in [1.54, 1.807) is 12.1 Å². The molecule has 0 aromatic heterocycles. The van der Waals surface area contributed by atoms with Crippen molar-refractivity contribution >= 4 is 5.91 Å². The summed E-state index contributed by atoms with van der Waals surface area (Å²) in [7, 11) is 0. The molecule has 1 aromatic rings. The van der Waals surface area contributed by atoms with Crippen LogP contribution in [0.3, 0.4) is 0 Å². The zero-order valence-corrected chi connectivity index (χ0v) is 11.4. The first-order chi connectivity index (χ1) is 8.26. The van der Waals surface area contributed by atoms with Gasteiger partial charge in [-0.3, -0.25) is 4.79 Å². The zero-order chi connectivity index (χ0) is 13.6. The van der Waals surface area contributed by atoms with Gasteiger partial charge in [0.2, 0.25) is 5.91 Å². The highest BCUT2D eigenvalue weighted by molar-refractivity contribution is 5.84. The first kappa shape index (κ1) is 12.9. The minimum atomic E-state index is 0.0754. The maximum absolute atomic E-state index is 12.1. The van der Waals surface area contributed by atoms with Crippen LogP contribution in [0.25, 0.3) is 0 Å². The molecule has 18 heavy (non-hydrogen) atoms. The Morgan fingerprint density at radius 1 is 1.17 bits per heavy atom. The van der Waals surface area contributed by atoms with Crippen molar-refractivity contribution < 1.29 is 9.90 Å². The number of phenols is 1. The summed E-state index contributed by atoms with van der Waals surface area (Å²) >= 11 is 0. The molecule has 0 atom stereocenters. The highest BCUT2D eigenvalue weighted by Gasteiger charge is 2.68. The van der Waals surface area contributed by atoms with Crippen molar-refractivity contribution in [1.29, 1.82) is 0 Å². The molecule has 1 aromatic carbocycles. The van der Waals surface area contributed by atoms with Gasteiger partial charge in [-0.15, -0.1) is 0 Å². The van der Waals surface area contributed by atoms with Crippen molar-refractivity contribution in [3.05, 3.63) is 29.8 Å². The van der Waals surface area contributed by atoms with Gasteiger partial charge in [0, 0.05) is 12.5 Å². The summed E-state index contributed by atoms with van der Waals surface area (Å²) in [6.45, 7) is 9.06. The summed E-state index contributed by atoms with van der Waals surface area (Å²) in [4.78, 5) is 12.1. The summed E-state index contributed by atoms with van der Waals surface area (Å²) in [5.41, 5.74) is 1.15. The Labute approximate surface area is 108 Å². The van der Waals surface area contributed by atoms with E-state index < -0.39 is 0 Å². The second-order valence-electron chi connectivity index (χ2n) is 6.26. The smallest absolute Gasteiger partial charge is 0.224 e. The SMILES string of the molecule is CC1(C)C(C(=O)NCc2ccc(O)cc2)C1(C)C. The quantitative estimate of drug-likeness (QED) is 0.862. The third-order valence-corrected chi connectivity index (χ3v) is 4.69. The fraction of sp³-hybridized carbons (Fsp3) is 0.533. The van der Waals surface area contributed by atoms with Crippen LogP contribution in [0.4, 0.5) is 0 Å². The predicted molar refractivity (Wildman–Crippen MR) is 71.0 cm³/mol. The van der Waals surface area contributed by atoms with Gasteiger partial charge in [-0.25, -0.2) is 0 Å². The molecule has 3 nitrogen and oxygen atoms in total. The van der Waals surface area contributed by atoms with Crippen molar-refractivity contribution in [3.63, 3.8) is 0 Å². The Morgan fingerprint density at radius 3 is 2.11 bits per heavy atom. The minimum absolute atomic E-state index is 0.0754. The fourth-order valence-corrected chi connectivity index (χ4v) is 2.76. The van der Waals surface area contributed by atoms with Crippen molar-refractivity contribution in [2.24, 2.45) is 16.7 Å². The molecule has 1 aliphatic rings. The highest BCUT2D eigenvalue weighted by Crippen LogP contribution is 2.68. The molecule has 98 valence electrons. The molecule has 1 fully saturated rings. The summed E-state index contributed by atoms with van der Waals surface area (Å²) in [6.07, 6.45) is 0. The molecule has 0 saturated heterocycles. The summed E-state index contributed by atoms with van der Waals surface area (Å²) in [5.74, 6) is 0.453. The molecule has 0 spiro atoms. The van der Waals surface area contributed by atoms with Crippen molar-refractivity contribution in [2.45, 2.75) is 34.2 Å². The van der Waals surface area contributed by atoms with E-state index in [1.165, 1.54) is 0 Å². The van der Waals surface area contributed by atoms with Gasteiger partial charge in [-0.05, 0) is 28.5 Å². The Hall–Kier alpha value is -1.51. The largest absolute Gasteiger partial charge is 0.508 e. The number of hydrogen-bond donors (Lipinski definition) is 2. The number of benzene rings is 1. The number of aromatic hydroxyl groups is 1. The molecule has 1 amide bonds. The van der Waals surface area contributed by atoms with E-state index in [0.717, 1.165) is 5.56 Å². The molecule has 0 unspecified atom stereocenters. The van der Waals surface area contributed by atoms with Gasteiger partial charge in [0.05, 0.1) is 0 Å². The third kappa shape index (κ3) is 1.98. The summed E-state index contributed by atoms with van der Waals surface area (Å²) in [6, 6.07) is 6.90. The normalized spacial score (nSPS) is 20.4. The van der Waals surface area contributed by atoms with E-state index in [4.69, 9.17) is 0 Å². The maximum atomic E-state index is 12.1. The third-order valence-electron chi connectivity index (χ3n) is 4.69. The van der Waals surface area contributed by atoms with E-state index in [2.05, 4.69) is 33.0 Å². The van der Waals surface area contributed by atoms with Crippen LogP contribution in [0, 0.1) is 16.7 Å². The number of carbonyl (C=O) groups excluding carboxylic acids is 1. The van der Waals surface area contributed by atoms with Crippen LogP contribution in [0.5, 0.6) is 5.75 Å². The molecule has 1 saturated carbocycles. The lowest BCUT2D eigenvalue weighted by Gasteiger charge is -2.06. The topological polar surface area (TPSA) is 49.3 Å². The molecule has 0 bridgehead atoms. The van der Waals surface area contributed by atoms with Crippen molar-refractivity contribution in [1.82, 2.24) is 5.32 Å². The molecule has 3 heteroatoms. The van der Waals surface area contributed by atoms with E-state index >= 15 is 0 Å². The molecule has 0 aliphatic heterocycles. The second-order valence-corrected chi connectivity index (χ2v) is 6.26. The van der Waals surface area contributed by atoms with E-state index in [0.29, 0.717) is 6.54 Å². The van der Waals surface area contributed by atoms with Gasteiger partial charge in [-0.2, -0.15) is 0 Å². The van der Waals surface area contributed by atoms with Gasteiger partial charge >= 0.3 is 0 Å². The summed E-state index contributed by atoms with van der Waals surface area (Å²) < 4.78 is 0. The number of rotatable bonds is 3. The van der Waals surface area contributed by atoms with Gasteiger partial charge in [0.1, 0.15) is 5.75 Å². The maximum Gasteiger partial charge on any atom is 0.224 e. The van der Waals surface area contributed by atoms with E-state index in [-0.39, 0.29) is 28.4 Å². The lowest BCUT2D eigenvalue weighted by molar-refractivity contribution is -0.123. The average Bonchev–Trinajstić information content (AvgIpc) is 2.68. The van der Waals surface area contributed by atoms with Crippen LogP contribution in [-0.2, 0) is 11.3 Å².